The molecule has 0 spiro atoms. The molecule has 8 nitrogen and oxygen atoms in total. The van der Waals surface area contributed by atoms with Crippen LogP contribution < -0.4 is 10.5 Å². The summed E-state index contributed by atoms with van der Waals surface area (Å²) in [4.78, 5) is 23.0. The zero-order chi connectivity index (χ0) is 16.2. The van der Waals surface area contributed by atoms with E-state index in [-0.39, 0.29) is 10.5 Å². The number of amides is 1. The van der Waals surface area contributed by atoms with Crippen LogP contribution in [0.5, 0.6) is 0 Å². The zero-order valence-corrected chi connectivity index (χ0v) is 12.0. The van der Waals surface area contributed by atoms with Gasteiger partial charge in [0, 0.05) is 5.69 Å². The van der Waals surface area contributed by atoms with E-state index in [1.807, 2.05) is 0 Å². The van der Waals surface area contributed by atoms with Crippen molar-refractivity contribution >= 4 is 27.6 Å². The van der Waals surface area contributed by atoms with Gasteiger partial charge in [0.05, 0.1) is 16.7 Å². The highest BCUT2D eigenvalue weighted by Crippen LogP contribution is 2.12. The number of carbonyl (C=O) groups is 2. The Balaban J connectivity index is 1.88. The molecule has 22 heavy (non-hydrogen) atoms. The molecule has 0 fully saturated rings. The number of ether oxygens (including phenoxy) is 1. The lowest BCUT2D eigenvalue weighted by molar-refractivity contribution is -0.119. The number of benzene rings is 1. The van der Waals surface area contributed by atoms with E-state index in [1.54, 1.807) is 0 Å². The van der Waals surface area contributed by atoms with Gasteiger partial charge in [-0.15, -0.1) is 0 Å². The van der Waals surface area contributed by atoms with E-state index in [0.29, 0.717) is 5.69 Å². The van der Waals surface area contributed by atoms with Gasteiger partial charge in [0.25, 0.3) is 5.91 Å². The lowest BCUT2D eigenvalue weighted by Gasteiger charge is -2.06. The van der Waals surface area contributed by atoms with Gasteiger partial charge in [0.15, 0.2) is 6.61 Å². The summed E-state index contributed by atoms with van der Waals surface area (Å²) in [5, 5.41) is 7.40. The van der Waals surface area contributed by atoms with Gasteiger partial charge in [-0.25, -0.2) is 18.4 Å². The highest BCUT2D eigenvalue weighted by molar-refractivity contribution is 7.89. The number of hydrogen-bond acceptors (Lipinski definition) is 6. The molecule has 0 radical (unpaired) electrons. The Morgan fingerprint density at radius 3 is 2.41 bits per heavy atom. The van der Waals surface area contributed by atoms with Gasteiger partial charge in [-0.1, -0.05) is 0 Å². The smallest absolute Gasteiger partial charge is 0.341 e. The minimum Gasteiger partial charge on any atom is -0.472 e. The Labute approximate surface area is 125 Å². The van der Waals surface area contributed by atoms with E-state index < -0.39 is 28.5 Å². The quantitative estimate of drug-likeness (QED) is 0.780. The Kier molecular flexibility index (Phi) is 4.59. The fourth-order valence-electron chi connectivity index (χ4n) is 1.52. The van der Waals surface area contributed by atoms with Crippen molar-refractivity contribution in [1.29, 1.82) is 0 Å². The minimum atomic E-state index is -3.79. The molecular formula is C13H12N2O6S. The molecule has 9 heteroatoms. The molecule has 0 aliphatic heterocycles. The molecule has 1 aromatic heterocycles. The lowest BCUT2D eigenvalue weighted by atomic mass is 10.3. The number of furan rings is 1. The molecule has 1 heterocycles. The van der Waals surface area contributed by atoms with Gasteiger partial charge in [0.2, 0.25) is 10.0 Å². The first-order valence-electron chi connectivity index (χ1n) is 5.98. The van der Waals surface area contributed by atoms with Crippen LogP contribution in [0.4, 0.5) is 5.69 Å². The van der Waals surface area contributed by atoms with Crippen LogP contribution in [0.2, 0.25) is 0 Å². The summed E-state index contributed by atoms with van der Waals surface area (Å²) in [6.45, 7) is -0.485. The number of anilines is 1. The topological polar surface area (TPSA) is 129 Å². The molecule has 3 N–H and O–H groups in total. The molecule has 0 bridgehead atoms. The van der Waals surface area contributed by atoms with Crippen LogP contribution in [0, 0.1) is 0 Å². The van der Waals surface area contributed by atoms with Crippen LogP contribution in [0.25, 0.3) is 0 Å². The maximum atomic E-state index is 11.6. The summed E-state index contributed by atoms with van der Waals surface area (Å²) in [5.74, 6) is -1.26. The second kappa shape index (κ2) is 6.41. The fourth-order valence-corrected chi connectivity index (χ4v) is 2.04. The number of nitrogens with two attached hydrogens (primary N) is 1. The third-order valence-electron chi connectivity index (χ3n) is 2.56. The van der Waals surface area contributed by atoms with Crippen molar-refractivity contribution in [3.05, 3.63) is 48.4 Å². The largest absolute Gasteiger partial charge is 0.472 e. The van der Waals surface area contributed by atoms with E-state index in [1.165, 1.54) is 42.9 Å². The monoisotopic (exact) mass is 324 g/mol. The zero-order valence-electron chi connectivity index (χ0n) is 11.2. The Bertz CT molecular complexity index is 765. The van der Waals surface area contributed by atoms with Crippen molar-refractivity contribution in [3.63, 3.8) is 0 Å². The number of primary sulfonamides is 1. The second-order valence-corrected chi connectivity index (χ2v) is 5.77. The van der Waals surface area contributed by atoms with Gasteiger partial charge < -0.3 is 14.5 Å². The van der Waals surface area contributed by atoms with Crippen LogP contribution >= 0.6 is 0 Å². The van der Waals surface area contributed by atoms with Gasteiger partial charge >= 0.3 is 5.97 Å². The molecule has 0 unspecified atom stereocenters. The lowest BCUT2D eigenvalue weighted by Crippen LogP contribution is -2.20. The molecule has 0 aliphatic rings. The Hall–Kier alpha value is -2.65. The first kappa shape index (κ1) is 15.7. The summed E-state index contributed by atoms with van der Waals surface area (Å²) >= 11 is 0. The summed E-state index contributed by atoms with van der Waals surface area (Å²) in [6, 6.07) is 6.65. The van der Waals surface area contributed by atoms with E-state index in [9.17, 15) is 18.0 Å². The molecule has 2 rings (SSSR count). The molecule has 116 valence electrons. The maximum Gasteiger partial charge on any atom is 0.341 e. The standard InChI is InChI=1S/C13H12N2O6S/c14-22(18,19)11-3-1-10(2-4-11)15-12(16)8-21-13(17)9-5-6-20-7-9/h1-7H,8H2,(H,15,16)(H2,14,18,19). The number of sulfonamides is 1. The average molecular weight is 324 g/mol. The molecule has 0 saturated heterocycles. The molecule has 1 aromatic carbocycles. The van der Waals surface area contributed by atoms with Crippen LogP contribution in [0.15, 0.2) is 52.2 Å². The third-order valence-corrected chi connectivity index (χ3v) is 3.49. The van der Waals surface area contributed by atoms with Crippen molar-refractivity contribution in [1.82, 2.24) is 0 Å². The predicted octanol–water partition coefficient (Wildman–Crippen LogP) is 0.722. The van der Waals surface area contributed by atoms with E-state index in [4.69, 9.17) is 14.3 Å². The average Bonchev–Trinajstić information content (AvgIpc) is 2.98. The van der Waals surface area contributed by atoms with Crippen molar-refractivity contribution in [2.45, 2.75) is 4.90 Å². The van der Waals surface area contributed by atoms with E-state index in [2.05, 4.69) is 5.32 Å². The second-order valence-electron chi connectivity index (χ2n) is 4.21. The highest BCUT2D eigenvalue weighted by atomic mass is 32.2. The predicted molar refractivity (Wildman–Crippen MR) is 75.4 cm³/mol. The van der Waals surface area contributed by atoms with Crippen molar-refractivity contribution in [3.8, 4) is 0 Å². The maximum absolute atomic E-state index is 11.6. The summed E-state index contributed by atoms with van der Waals surface area (Å²) in [7, 11) is -3.79. The van der Waals surface area contributed by atoms with Crippen LogP contribution in [0.3, 0.4) is 0 Å². The summed E-state index contributed by atoms with van der Waals surface area (Å²) in [6.07, 6.45) is 2.51. The fraction of sp³-hybridized carbons (Fsp3) is 0.0769. The van der Waals surface area contributed by atoms with Crippen molar-refractivity contribution < 1.29 is 27.2 Å². The van der Waals surface area contributed by atoms with Gasteiger partial charge in [-0.05, 0) is 30.3 Å². The Morgan fingerprint density at radius 2 is 1.86 bits per heavy atom. The molecule has 1 amide bonds. The van der Waals surface area contributed by atoms with Crippen LogP contribution in [-0.4, -0.2) is 26.9 Å². The first-order valence-corrected chi connectivity index (χ1v) is 7.53. The normalized spacial score (nSPS) is 11.0. The third kappa shape index (κ3) is 4.17. The van der Waals surface area contributed by atoms with Crippen molar-refractivity contribution in [2.24, 2.45) is 5.14 Å². The molecular weight excluding hydrogens is 312 g/mol. The molecule has 2 aromatic rings. The van der Waals surface area contributed by atoms with Crippen LogP contribution in [-0.2, 0) is 19.6 Å². The number of carbonyl (C=O) groups excluding carboxylic acids is 2. The van der Waals surface area contributed by atoms with Gasteiger partial charge in [-0.2, -0.15) is 0 Å². The minimum absolute atomic E-state index is 0.0723. The van der Waals surface area contributed by atoms with E-state index >= 15 is 0 Å². The number of nitrogens with one attached hydrogen (secondary N) is 1. The molecule has 0 atom stereocenters. The van der Waals surface area contributed by atoms with Crippen molar-refractivity contribution in [2.75, 3.05) is 11.9 Å². The van der Waals surface area contributed by atoms with Gasteiger partial charge in [0.1, 0.15) is 6.26 Å². The Morgan fingerprint density at radius 1 is 1.18 bits per heavy atom. The molecule has 0 aliphatic carbocycles. The first-order chi connectivity index (χ1) is 10.4. The highest BCUT2D eigenvalue weighted by Gasteiger charge is 2.12. The molecule has 0 saturated carbocycles. The number of rotatable bonds is 5. The van der Waals surface area contributed by atoms with Gasteiger partial charge in [-0.3, -0.25) is 4.79 Å². The van der Waals surface area contributed by atoms with Crippen LogP contribution in [0.1, 0.15) is 10.4 Å². The summed E-state index contributed by atoms with van der Waals surface area (Å²) in [5.41, 5.74) is 0.544. The number of esters is 1. The SMILES string of the molecule is NS(=O)(=O)c1ccc(NC(=O)COC(=O)c2ccoc2)cc1. The summed E-state index contributed by atoms with van der Waals surface area (Å²) < 4.78 is 31.7. The van der Waals surface area contributed by atoms with E-state index in [0.717, 1.165) is 0 Å². The number of hydrogen-bond donors (Lipinski definition) is 2.